The van der Waals surface area contributed by atoms with Gasteiger partial charge >= 0.3 is 6.09 Å². The topological polar surface area (TPSA) is 87.7 Å². The third-order valence-corrected chi connectivity index (χ3v) is 4.60. The molecule has 0 radical (unpaired) electrons. The first kappa shape index (κ1) is 24.8. The number of rotatable bonds is 6. The first-order chi connectivity index (χ1) is 15.0. The second kappa shape index (κ2) is 10.7. The number of hydrogen-bond donors (Lipinski definition) is 2. The van der Waals surface area contributed by atoms with Crippen LogP contribution >= 0.6 is 11.6 Å². The smallest absolute Gasteiger partial charge is 0.408 e. The molecule has 0 bridgehead atoms. The number of aryl methyl sites for hydroxylation is 1. The Labute approximate surface area is 193 Å². The molecule has 0 aliphatic rings. The van der Waals surface area contributed by atoms with Crippen LogP contribution in [0.3, 0.4) is 0 Å². The Bertz CT molecular complexity index is 1010. The van der Waals surface area contributed by atoms with Gasteiger partial charge in [0, 0.05) is 6.04 Å². The van der Waals surface area contributed by atoms with Crippen LogP contribution in [0, 0.1) is 19.4 Å². The van der Waals surface area contributed by atoms with E-state index in [0.29, 0.717) is 16.3 Å². The predicted molar refractivity (Wildman–Crippen MR) is 124 cm³/mol. The Morgan fingerprint density at radius 2 is 1.78 bits per heavy atom. The van der Waals surface area contributed by atoms with Gasteiger partial charge in [0.05, 0.1) is 10.7 Å². The number of carbonyl (C=O) groups is 3. The van der Waals surface area contributed by atoms with Crippen molar-refractivity contribution in [2.75, 3.05) is 11.9 Å². The van der Waals surface area contributed by atoms with Crippen molar-refractivity contribution in [1.29, 1.82) is 0 Å². The molecule has 0 saturated heterocycles. The number of para-hydroxylation sites is 1. The van der Waals surface area contributed by atoms with Crippen molar-refractivity contribution >= 4 is 35.2 Å². The molecular formula is C24H26ClN3O4. The van der Waals surface area contributed by atoms with Crippen LogP contribution in [0.1, 0.15) is 37.9 Å². The summed E-state index contributed by atoms with van der Waals surface area (Å²) >= 11 is 6.24. The number of carbonyl (C=O) groups excluding carboxylic acids is 3. The minimum atomic E-state index is -1.15. The zero-order chi connectivity index (χ0) is 23.9. The molecule has 2 aromatic carbocycles. The minimum Gasteiger partial charge on any atom is -0.444 e. The van der Waals surface area contributed by atoms with E-state index in [2.05, 4.69) is 16.7 Å². The molecule has 2 rings (SSSR count). The Balaban J connectivity index is 2.28. The third-order valence-electron chi connectivity index (χ3n) is 4.28. The molecule has 1 atom stereocenters. The molecule has 0 spiro atoms. The van der Waals surface area contributed by atoms with Crippen LogP contribution in [-0.2, 0) is 14.3 Å². The van der Waals surface area contributed by atoms with Crippen LogP contribution in [0.15, 0.2) is 48.5 Å². The average Bonchev–Trinajstić information content (AvgIpc) is 2.72. The highest BCUT2D eigenvalue weighted by atomic mass is 35.5. The van der Waals surface area contributed by atoms with E-state index in [1.165, 1.54) is 0 Å². The molecule has 168 valence electrons. The lowest BCUT2D eigenvalue weighted by molar-refractivity contribution is -0.134. The van der Waals surface area contributed by atoms with Gasteiger partial charge in [0.25, 0.3) is 11.8 Å². The molecule has 0 aromatic heterocycles. The number of halogens is 1. The summed E-state index contributed by atoms with van der Waals surface area (Å²) in [6, 6.07) is 14.9. The summed E-state index contributed by atoms with van der Waals surface area (Å²) in [5.74, 6) is -1.20. The maximum absolute atomic E-state index is 13.3. The predicted octanol–water partition coefficient (Wildman–Crippen LogP) is 4.27. The fourth-order valence-electron chi connectivity index (χ4n) is 2.87. The summed E-state index contributed by atoms with van der Waals surface area (Å²) in [5, 5.41) is 5.49. The summed E-state index contributed by atoms with van der Waals surface area (Å²) in [6.07, 6.45) is 4.85. The molecular weight excluding hydrogens is 430 g/mol. The quantitative estimate of drug-likeness (QED) is 0.503. The molecule has 2 N–H and O–H groups in total. The second-order valence-electron chi connectivity index (χ2n) is 7.98. The number of anilines is 1. The molecule has 0 aliphatic heterocycles. The number of nitrogens with zero attached hydrogens (tertiary/aromatic N) is 1. The maximum Gasteiger partial charge on any atom is 0.408 e. The molecule has 2 aromatic rings. The van der Waals surface area contributed by atoms with Gasteiger partial charge in [-0.3, -0.25) is 14.5 Å². The van der Waals surface area contributed by atoms with E-state index in [-0.39, 0.29) is 0 Å². The highest BCUT2D eigenvalue weighted by Crippen LogP contribution is 2.28. The van der Waals surface area contributed by atoms with Gasteiger partial charge in [0.15, 0.2) is 0 Å². The van der Waals surface area contributed by atoms with Gasteiger partial charge in [-0.2, -0.15) is 0 Å². The van der Waals surface area contributed by atoms with Gasteiger partial charge in [-0.05, 0) is 44.9 Å². The highest BCUT2D eigenvalue weighted by Gasteiger charge is 2.31. The van der Waals surface area contributed by atoms with Gasteiger partial charge in [-0.25, -0.2) is 4.79 Å². The summed E-state index contributed by atoms with van der Waals surface area (Å²) in [6.45, 7) is 6.46. The number of ether oxygens (including phenoxy) is 1. The SMILES string of the molecule is C#CN(C(=O)CNC(=O)OC(C)(C)C)C(C(=O)Nc1c(C)cccc1Cl)c1ccccc1. The standard InChI is InChI=1S/C24H26ClN3O4/c1-6-28(19(29)15-26-23(31)32-24(3,4)5)21(17-12-8-7-9-13-17)22(30)27-20-16(2)11-10-14-18(20)25/h1,7-14,21H,15H2,2-5H3,(H,26,31)(H,27,30). The van der Waals surface area contributed by atoms with E-state index in [1.54, 1.807) is 76.2 Å². The third kappa shape index (κ3) is 6.76. The monoisotopic (exact) mass is 455 g/mol. The van der Waals surface area contributed by atoms with E-state index < -0.39 is 36.1 Å². The van der Waals surface area contributed by atoms with Crippen molar-refractivity contribution in [3.63, 3.8) is 0 Å². The molecule has 0 saturated carbocycles. The Morgan fingerprint density at radius 3 is 2.34 bits per heavy atom. The number of nitrogens with one attached hydrogen (secondary N) is 2. The Morgan fingerprint density at radius 1 is 1.12 bits per heavy atom. The molecule has 0 fully saturated rings. The van der Waals surface area contributed by atoms with E-state index >= 15 is 0 Å². The average molecular weight is 456 g/mol. The van der Waals surface area contributed by atoms with Gasteiger partial charge in [-0.1, -0.05) is 60.5 Å². The molecule has 0 heterocycles. The van der Waals surface area contributed by atoms with E-state index in [9.17, 15) is 14.4 Å². The van der Waals surface area contributed by atoms with E-state index in [0.717, 1.165) is 10.5 Å². The van der Waals surface area contributed by atoms with Crippen molar-refractivity contribution in [3.8, 4) is 12.5 Å². The zero-order valence-electron chi connectivity index (χ0n) is 18.4. The lowest BCUT2D eigenvalue weighted by Crippen LogP contribution is -2.44. The number of alkyl carbamates (subject to hydrolysis) is 1. The van der Waals surface area contributed by atoms with Gasteiger partial charge in [0.2, 0.25) is 0 Å². The zero-order valence-corrected chi connectivity index (χ0v) is 19.2. The number of terminal acetylenes is 1. The number of amides is 3. The largest absolute Gasteiger partial charge is 0.444 e. The summed E-state index contributed by atoms with van der Waals surface area (Å²) in [7, 11) is 0. The van der Waals surface area contributed by atoms with Crippen LogP contribution in [-0.4, -0.2) is 35.0 Å². The fourth-order valence-corrected chi connectivity index (χ4v) is 3.14. The van der Waals surface area contributed by atoms with Gasteiger partial charge in [-0.15, -0.1) is 0 Å². The van der Waals surface area contributed by atoms with Crippen molar-refractivity contribution in [3.05, 3.63) is 64.7 Å². The number of hydrogen-bond acceptors (Lipinski definition) is 4. The molecule has 32 heavy (non-hydrogen) atoms. The molecule has 3 amide bonds. The van der Waals surface area contributed by atoms with Gasteiger partial charge in [0.1, 0.15) is 18.2 Å². The van der Waals surface area contributed by atoms with E-state index in [1.807, 2.05) is 0 Å². The van der Waals surface area contributed by atoms with Crippen molar-refractivity contribution in [1.82, 2.24) is 10.2 Å². The molecule has 0 aliphatic carbocycles. The maximum atomic E-state index is 13.3. The first-order valence-electron chi connectivity index (χ1n) is 9.89. The van der Waals surface area contributed by atoms with Crippen LogP contribution in [0.2, 0.25) is 5.02 Å². The normalized spacial score (nSPS) is 11.6. The Kier molecular flexibility index (Phi) is 8.27. The van der Waals surface area contributed by atoms with Crippen molar-refractivity contribution in [2.24, 2.45) is 0 Å². The number of benzene rings is 2. The summed E-state index contributed by atoms with van der Waals surface area (Å²) in [5.41, 5.74) is 0.954. The van der Waals surface area contributed by atoms with Crippen molar-refractivity contribution in [2.45, 2.75) is 39.3 Å². The van der Waals surface area contributed by atoms with Crippen molar-refractivity contribution < 1.29 is 19.1 Å². The minimum absolute atomic E-state index is 0.357. The first-order valence-corrected chi connectivity index (χ1v) is 10.3. The lowest BCUT2D eigenvalue weighted by Gasteiger charge is -2.27. The van der Waals surface area contributed by atoms with Crippen LogP contribution in [0.25, 0.3) is 0 Å². The van der Waals surface area contributed by atoms with E-state index in [4.69, 9.17) is 22.8 Å². The second-order valence-corrected chi connectivity index (χ2v) is 8.39. The van der Waals surface area contributed by atoms with Crippen LogP contribution < -0.4 is 10.6 Å². The van der Waals surface area contributed by atoms with Crippen LogP contribution in [0.4, 0.5) is 10.5 Å². The highest BCUT2D eigenvalue weighted by molar-refractivity contribution is 6.34. The van der Waals surface area contributed by atoms with Crippen LogP contribution in [0.5, 0.6) is 0 Å². The molecule has 1 unspecified atom stereocenters. The fraction of sp³-hybridized carbons (Fsp3) is 0.292. The summed E-state index contributed by atoms with van der Waals surface area (Å²) < 4.78 is 5.13. The molecule has 7 nitrogen and oxygen atoms in total. The Hall–Kier alpha value is -3.50. The summed E-state index contributed by atoms with van der Waals surface area (Å²) in [4.78, 5) is 39.0. The van der Waals surface area contributed by atoms with Gasteiger partial charge < -0.3 is 15.4 Å². The molecule has 8 heteroatoms. The lowest BCUT2D eigenvalue weighted by atomic mass is 10.0.